The minimum Gasteiger partial charge on any atom is -0.405 e. The van der Waals surface area contributed by atoms with Crippen LogP contribution in [0.25, 0.3) is 0 Å². The predicted molar refractivity (Wildman–Crippen MR) is 64.0 cm³/mol. The predicted octanol–water partition coefficient (Wildman–Crippen LogP) is 3.43. The van der Waals surface area contributed by atoms with Gasteiger partial charge in [-0.25, -0.2) is 4.98 Å². The van der Waals surface area contributed by atoms with Crippen LogP contribution in [0.3, 0.4) is 0 Å². The van der Waals surface area contributed by atoms with Crippen molar-refractivity contribution in [3.05, 3.63) is 45.9 Å². The number of nitrogens with zero attached hydrogens (tertiary/aromatic N) is 1. The van der Waals surface area contributed by atoms with Crippen molar-refractivity contribution in [2.45, 2.75) is 19.4 Å². The molecule has 1 atom stereocenters. The Morgan fingerprint density at radius 3 is 2.58 bits per heavy atom. The summed E-state index contributed by atoms with van der Waals surface area (Å²) in [6.07, 6.45) is -4.54. The quantitative estimate of drug-likeness (QED) is 0.941. The SMILES string of the molecule is Cc1ncc(C(O)c2ccccc2OC(F)(F)F)s1. The lowest BCUT2D eigenvalue weighted by Gasteiger charge is -2.16. The number of thiazole rings is 1. The van der Waals surface area contributed by atoms with E-state index in [4.69, 9.17) is 0 Å². The molecule has 19 heavy (non-hydrogen) atoms. The fraction of sp³-hybridized carbons (Fsp3) is 0.250. The van der Waals surface area contributed by atoms with Gasteiger partial charge in [-0.2, -0.15) is 0 Å². The molecule has 0 bridgehead atoms. The summed E-state index contributed by atoms with van der Waals surface area (Å²) in [7, 11) is 0. The average Bonchev–Trinajstić information content (AvgIpc) is 2.74. The third-order valence-corrected chi connectivity index (χ3v) is 3.31. The zero-order valence-corrected chi connectivity index (χ0v) is 10.6. The Hall–Kier alpha value is -1.60. The minimum absolute atomic E-state index is 0.0588. The summed E-state index contributed by atoms with van der Waals surface area (Å²) in [6, 6.07) is 5.51. The molecule has 1 unspecified atom stereocenters. The maximum absolute atomic E-state index is 12.3. The first kappa shape index (κ1) is 13.8. The second-order valence-corrected chi connectivity index (χ2v) is 5.04. The van der Waals surface area contributed by atoms with Gasteiger partial charge in [0, 0.05) is 11.8 Å². The number of aliphatic hydroxyl groups excluding tert-OH is 1. The van der Waals surface area contributed by atoms with Crippen molar-refractivity contribution in [3.8, 4) is 5.75 Å². The van der Waals surface area contributed by atoms with Gasteiger partial charge < -0.3 is 9.84 Å². The Bertz CT molecular complexity index is 568. The summed E-state index contributed by atoms with van der Waals surface area (Å²) in [4.78, 5) is 4.43. The molecule has 0 aliphatic rings. The summed E-state index contributed by atoms with van der Waals surface area (Å²) in [5, 5.41) is 10.8. The molecule has 1 heterocycles. The average molecular weight is 289 g/mol. The van der Waals surface area contributed by atoms with E-state index in [0.717, 1.165) is 5.01 Å². The number of aromatic nitrogens is 1. The lowest BCUT2D eigenvalue weighted by atomic mass is 10.1. The monoisotopic (exact) mass is 289 g/mol. The van der Waals surface area contributed by atoms with Crippen LogP contribution in [0.2, 0.25) is 0 Å². The number of halogens is 3. The molecule has 0 saturated heterocycles. The molecule has 3 nitrogen and oxygen atoms in total. The molecule has 0 spiro atoms. The molecule has 102 valence electrons. The third-order valence-electron chi connectivity index (χ3n) is 2.35. The van der Waals surface area contributed by atoms with Crippen LogP contribution in [-0.4, -0.2) is 16.5 Å². The standard InChI is InChI=1S/C12H10F3NO2S/c1-7-16-6-10(19-7)11(17)8-4-2-3-5-9(8)18-12(13,14)15/h2-6,11,17H,1H3. The van der Waals surface area contributed by atoms with Gasteiger partial charge in [0.25, 0.3) is 0 Å². The maximum atomic E-state index is 12.3. The molecule has 7 heteroatoms. The van der Waals surface area contributed by atoms with Crippen LogP contribution in [0.15, 0.2) is 30.5 Å². The van der Waals surface area contributed by atoms with Crippen LogP contribution in [0.1, 0.15) is 21.6 Å². The minimum atomic E-state index is -4.79. The van der Waals surface area contributed by atoms with E-state index < -0.39 is 18.2 Å². The van der Waals surface area contributed by atoms with E-state index in [9.17, 15) is 18.3 Å². The molecular weight excluding hydrogens is 279 g/mol. The molecule has 2 rings (SSSR count). The number of alkyl halides is 3. The van der Waals surface area contributed by atoms with E-state index in [1.54, 1.807) is 6.92 Å². The summed E-state index contributed by atoms with van der Waals surface area (Å²) >= 11 is 1.22. The number of ether oxygens (including phenoxy) is 1. The fourth-order valence-electron chi connectivity index (χ4n) is 1.58. The van der Waals surface area contributed by atoms with Gasteiger partial charge in [-0.05, 0) is 13.0 Å². The highest BCUT2D eigenvalue weighted by Crippen LogP contribution is 2.34. The molecule has 2 aromatic rings. The normalized spacial score (nSPS) is 13.3. The third kappa shape index (κ3) is 3.45. The van der Waals surface area contributed by atoms with Crippen LogP contribution in [0.5, 0.6) is 5.75 Å². The lowest BCUT2D eigenvalue weighted by Crippen LogP contribution is -2.18. The molecule has 0 aliphatic heterocycles. The number of hydrogen-bond acceptors (Lipinski definition) is 4. The van der Waals surface area contributed by atoms with Crippen molar-refractivity contribution in [1.82, 2.24) is 4.98 Å². The molecule has 0 aliphatic carbocycles. The van der Waals surface area contributed by atoms with Crippen LogP contribution >= 0.6 is 11.3 Å². The van der Waals surface area contributed by atoms with Crippen molar-refractivity contribution in [3.63, 3.8) is 0 Å². The highest BCUT2D eigenvalue weighted by molar-refractivity contribution is 7.11. The highest BCUT2D eigenvalue weighted by atomic mass is 32.1. The van der Waals surface area contributed by atoms with Gasteiger partial charge in [-0.15, -0.1) is 24.5 Å². The lowest BCUT2D eigenvalue weighted by molar-refractivity contribution is -0.275. The first-order valence-electron chi connectivity index (χ1n) is 5.32. The van der Waals surface area contributed by atoms with Gasteiger partial charge in [0.05, 0.1) is 9.88 Å². The number of rotatable bonds is 3. The second kappa shape index (κ2) is 5.18. The van der Waals surface area contributed by atoms with Crippen molar-refractivity contribution < 1.29 is 23.0 Å². The van der Waals surface area contributed by atoms with Crippen molar-refractivity contribution in [2.24, 2.45) is 0 Å². The largest absolute Gasteiger partial charge is 0.573 e. The second-order valence-electron chi connectivity index (χ2n) is 3.77. The number of aliphatic hydroxyl groups is 1. The van der Waals surface area contributed by atoms with E-state index in [1.165, 1.54) is 41.8 Å². The molecular formula is C12H10F3NO2S. The van der Waals surface area contributed by atoms with Crippen molar-refractivity contribution in [1.29, 1.82) is 0 Å². The first-order chi connectivity index (χ1) is 8.87. The Labute approximate surface area is 111 Å². The van der Waals surface area contributed by atoms with Gasteiger partial charge >= 0.3 is 6.36 Å². The van der Waals surface area contributed by atoms with E-state index in [-0.39, 0.29) is 5.56 Å². The summed E-state index contributed by atoms with van der Waals surface area (Å²) in [5.41, 5.74) is 0.0588. The zero-order valence-electron chi connectivity index (χ0n) is 9.81. The van der Waals surface area contributed by atoms with Crippen molar-refractivity contribution in [2.75, 3.05) is 0 Å². The number of hydrogen-bond donors (Lipinski definition) is 1. The molecule has 0 amide bonds. The maximum Gasteiger partial charge on any atom is 0.573 e. The summed E-state index contributed by atoms with van der Waals surface area (Å²) < 4.78 is 40.7. The molecule has 0 radical (unpaired) electrons. The Morgan fingerprint density at radius 1 is 1.32 bits per heavy atom. The van der Waals surface area contributed by atoms with E-state index in [0.29, 0.717) is 4.88 Å². The Balaban J connectivity index is 2.34. The Morgan fingerprint density at radius 2 is 2.00 bits per heavy atom. The fourth-order valence-corrected chi connectivity index (χ4v) is 2.37. The highest BCUT2D eigenvalue weighted by Gasteiger charge is 2.33. The van der Waals surface area contributed by atoms with Crippen LogP contribution in [0, 0.1) is 6.92 Å². The zero-order chi connectivity index (χ0) is 14.0. The molecule has 1 N–H and O–H groups in total. The smallest absolute Gasteiger partial charge is 0.405 e. The molecule has 1 aromatic heterocycles. The molecule has 0 saturated carbocycles. The van der Waals surface area contributed by atoms with E-state index in [1.807, 2.05) is 0 Å². The topological polar surface area (TPSA) is 42.4 Å². The van der Waals surface area contributed by atoms with E-state index >= 15 is 0 Å². The van der Waals surface area contributed by atoms with Gasteiger partial charge in [0.15, 0.2) is 0 Å². The van der Waals surface area contributed by atoms with Crippen molar-refractivity contribution >= 4 is 11.3 Å². The van der Waals surface area contributed by atoms with E-state index in [2.05, 4.69) is 9.72 Å². The van der Waals surface area contributed by atoms with Gasteiger partial charge in [-0.3, -0.25) is 0 Å². The van der Waals surface area contributed by atoms with Crippen LogP contribution in [-0.2, 0) is 0 Å². The number of para-hydroxylation sites is 1. The first-order valence-corrected chi connectivity index (χ1v) is 6.13. The summed E-state index contributed by atoms with van der Waals surface area (Å²) in [6.45, 7) is 1.75. The van der Waals surface area contributed by atoms with Gasteiger partial charge in [0.2, 0.25) is 0 Å². The summed E-state index contributed by atoms with van der Waals surface area (Å²) in [5.74, 6) is -0.409. The Kier molecular flexibility index (Phi) is 3.77. The van der Waals surface area contributed by atoms with Crippen LogP contribution < -0.4 is 4.74 Å². The molecule has 0 fully saturated rings. The number of benzene rings is 1. The van der Waals surface area contributed by atoms with Crippen LogP contribution in [0.4, 0.5) is 13.2 Å². The number of aryl methyl sites for hydroxylation is 1. The molecule has 1 aromatic carbocycles. The van der Waals surface area contributed by atoms with Gasteiger partial charge in [-0.1, -0.05) is 18.2 Å². The van der Waals surface area contributed by atoms with Gasteiger partial charge in [0.1, 0.15) is 11.9 Å².